The van der Waals surface area contributed by atoms with E-state index in [1.54, 1.807) is 29.2 Å². The van der Waals surface area contributed by atoms with Crippen LogP contribution in [-0.4, -0.2) is 29.9 Å². The monoisotopic (exact) mass is 478 g/mol. The average molecular weight is 479 g/mol. The fraction of sp³-hybridized carbons (Fsp3) is 0.286. The summed E-state index contributed by atoms with van der Waals surface area (Å²) in [5.74, 6) is 0.114. The molecule has 0 aliphatic heterocycles. The number of benzene rings is 3. The number of nitrogens with one attached hydrogen (secondary N) is 1. The maximum Gasteiger partial charge on any atom is 0.261 e. The van der Waals surface area contributed by atoms with Gasteiger partial charge in [-0.1, -0.05) is 92.0 Å². The second kappa shape index (κ2) is 13.4. The molecule has 0 saturated heterocycles. The molecule has 0 bridgehead atoms. The number of unbranched alkanes of at least 4 members (excludes halogenated alkanes) is 2. The Balaban J connectivity index is 1.88. The van der Waals surface area contributed by atoms with Crippen molar-refractivity contribution < 1.29 is 14.3 Å². The van der Waals surface area contributed by atoms with E-state index in [1.165, 1.54) is 0 Å². The lowest BCUT2D eigenvalue weighted by Gasteiger charge is -2.31. The third-order valence-corrected chi connectivity index (χ3v) is 5.70. The Morgan fingerprint density at radius 2 is 1.56 bits per heavy atom. The molecule has 0 aromatic heterocycles. The van der Waals surface area contributed by atoms with Gasteiger partial charge in [-0.3, -0.25) is 9.59 Å². The number of hydrogen-bond acceptors (Lipinski definition) is 3. The van der Waals surface area contributed by atoms with Crippen LogP contribution in [0.25, 0.3) is 0 Å². The molecule has 1 unspecified atom stereocenters. The minimum Gasteiger partial charge on any atom is -0.484 e. The van der Waals surface area contributed by atoms with E-state index in [4.69, 9.17) is 16.3 Å². The summed E-state index contributed by atoms with van der Waals surface area (Å²) in [7, 11) is 0. The molecule has 1 atom stereocenters. The van der Waals surface area contributed by atoms with Crippen molar-refractivity contribution in [2.75, 3.05) is 13.2 Å². The van der Waals surface area contributed by atoms with E-state index in [0.29, 0.717) is 17.3 Å². The van der Waals surface area contributed by atoms with Crippen molar-refractivity contribution in [3.63, 3.8) is 0 Å². The normalized spacial score (nSPS) is 11.5. The van der Waals surface area contributed by atoms with E-state index < -0.39 is 6.04 Å². The first-order valence-corrected chi connectivity index (χ1v) is 12.0. The lowest BCUT2D eigenvalue weighted by atomic mass is 10.0. The maximum absolute atomic E-state index is 13.5. The highest BCUT2D eigenvalue weighted by molar-refractivity contribution is 6.30. The zero-order valence-corrected chi connectivity index (χ0v) is 20.2. The largest absolute Gasteiger partial charge is 0.484 e. The van der Waals surface area contributed by atoms with Crippen molar-refractivity contribution in [2.45, 2.75) is 38.8 Å². The molecule has 3 rings (SSSR count). The van der Waals surface area contributed by atoms with Crippen molar-refractivity contribution >= 4 is 23.4 Å². The van der Waals surface area contributed by atoms with Gasteiger partial charge in [-0.15, -0.1) is 0 Å². The highest BCUT2D eigenvalue weighted by Gasteiger charge is 2.31. The van der Waals surface area contributed by atoms with Crippen LogP contribution >= 0.6 is 11.6 Å². The number of para-hydroxylation sites is 1. The molecule has 3 aromatic rings. The van der Waals surface area contributed by atoms with E-state index >= 15 is 0 Å². The Morgan fingerprint density at radius 3 is 2.21 bits per heavy atom. The summed E-state index contributed by atoms with van der Waals surface area (Å²) in [5.41, 5.74) is 1.62. The number of halogens is 1. The lowest BCUT2D eigenvalue weighted by Crippen LogP contribution is -2.45. The number of ether oxygens (including phenoxy) is 1. The van der Waals surface area contributed by atoms with Crippen LogP contribution in [0, 0.1) is 0 Å². The summed E-state index contributed by atoms with van der Waals surface area (Å²) in [5, 5.41) is 3.64. The molecule has 0 radical (unpaired) electrons. The van der Waals surface area contributed by atoms with Crippen molar-refractivity contribution in [1.82, 2.24) is 10.2 Å². The fourth-order valence-electron chi connectivity index (χ4n) is 3.65. The predicted molar refractivity (Wildman–Crippen MR) is 136 cm³/mol. The highest BCUT2D eigenvalue weighted by Crippen LogP contribution is 2.25. The molecular formula is C28H31ClN2O3. The van der Waals surface area contributed by atoms with Gasteiger partial charge in [0, 0.05) is 18.1 Å². The average Bonchev–Trinajstić information content (AvgIpc) is 2.87. The molecule has 2 amide bonds. The number of carbonyl (C=O) groups excluding carboxylic acids is 2. The number of carbonyl (C=O) groups is 2. The summed E-state index contributed by atoms with van der Waals surface area (Å²) in [4.78, 5) is 28.5. The van der Waals surface area contributed by atoms with Gasteiger partial charge in [-0.25, -0.2) is 0 Å². The zero-order valence-electron chi connectivity index (χ0n) is 19.5. The van der Waals surface area contributed by atoms with Crippen LogP contribution in [0.2, 0.25) is 5.02 Å². The number of nitrogens with zero attached hydrogens (tertiary/aromatic N) is 1. The standard InChI is InChI=1S/C28H31ClN2O3/c1-2-3-10-19-30-28(33)27(23-11-6-4-7-12-23)31(20-22-15-17-24(29)18-16-22)26(32)21-34-25-13-8-5-9-14-25/h4-9,11-18,27H,2-3,10,19-21H2,1H3,(H,30,33). The predicted octanol–water partition coefficient (Wildman–Crippen LogP) is 5.80. The molecule has 6 heteroatoms. The first kappa shape index (κ1) is 25.3. The quantitative estimate of drug-likeness (QED) is 0.335. The van der Waals surface area contributed by atoms with Crippen LogP contribution in [0.15, 0.2) is 84.9 Å². The van der Waals surface area contributed by atoms with Gasteiger partial charge in [-0.2, -0.15) is 0 Å². The van der Waals surface area contributed by atoms with Crippen LogP contribution in [0.1, 0.15) is 43.4 Å². The Kier molecular flexibility index (Phi) is 9.98. The van der Waals surface area contributed by atoms with Crippen molar-refractivity contribution in [3.8, 4) is 5.75 Å². The van der Waals surface area contributed by atoms with Crippen LogP contribution in [0.4, 0.5) is 0 Å². The molecule has 0 aliphatic rings. The minimum absolute atomic E-state index is 0.177. The summed E-state index contributed by atoms with van der Waals surface area (Å²) in [6, 6.07) is 25.1. The van der Waals surface area contributed by atoms with Crippen molar-refractivity contribution in [2.24, 2.45) is 0 Å². The van der Waals surface area contributed by atoms with Gasteiger partial charge in [0.2, 0.25) is 5.91 Å². The van der Waals surface area contributed by atoms with Gasteiger partial charge < -0.3 is 15.0 Å². The van der Waals surface area contributed by atoms with E-state index in [0.717, 1.165) is 30.4 Å². The van der Waals surface area contributed by atoms with E-state index in [1.807, 2.05) is 60.7 Å². The van der Waals surface area contributed by atoms with Gasteiger partial charge in [0.25, 0.3) is 5.91 Å². The Hall–Kier alpha value is -3.31. The summed E-state index contributed by atoms with van der Waals surface area (Å²) in [6.07, 6.45) is 3.00. The van der Waals surface area contributed by atoms with Gasteiger partial charge in [0.15, 0.2) is 6.61 Å². The maximum atomic E-state index is 13.5. The first-order chi connectivity index (χ1) is 16.6. The minimum atomic E-state index is -0.787. The zero-order chi connectivity index (χ0) is 24.2. The third-order valence-electron chi connectivity index (χ3n) is 5.45. The number of hydrogen-bond donors (Lipinski definition) is 1. The van der Waals surface area contributed by atoms with Crippen molar-refractivity contribution in [1.29, 1.82) is 0 Å². The van der Waals surface area contributed by atoms with Crippen LogP contribution < -0.4 is 10.1 Å². The topological polar surface area (TPSA) is 58.6 Å². The highest BCUT2D eigenvalue weighted by atomic mass is 35.5. The molecule has 178 valence electrons. The summed E-state index contributed by atoms with van der Waals surface area (Å²) in [6.45, 7) is 2.76. The SMILES string of the molecule is CCCCCNC(=O)C(c1ccccc1)N(Cc1ccc(Cl)cc1)C(=O)COc1ccccc1. The molecule has 5 nitrogen and oxygen atoms in total. The van der Waals surface area contributed by atoms with Crippen LogP contribution in [-0.2, 0) is 16.1 Å². The second-order valence-corrected chi connectivity index (χ2v) is 8.50. The molecule has 0 saturated carbocycles. The Morgan fingerprint density at radius 1 is 0.912 bits per heavy atom. The van der Waals surface area contributed by atoms with Crippen LogP contribution in [0.5, 0.6) is 5.75 Å². The molecule has 3 aromatic carbocycles. The molecular weight excluding hydrogens is 448 g/mol. The lowest BCUT2D eigenvalue weighted by molar-refractivity contribution is -0.143. The number of amides is 2. The molecule has 34 heavy (non-hydrogen) atoms. The smallest absolute Gasteiger partial charge is 0.261 e. The second-order valence-electron chi connectivity index (χ2n) is 8.06. The van der Waals surface area contributed by atoms with Crippen molar-refractivity contribution in [3.05, 3.63) is 101 Å². The summed E-state index contributed by atoms with van der Waals surface area (Å²) < 4.78 is 5.74. The molecule has 1 N–H and O–H groups in total. The van der Waals surface area contributed by atoms with Gasteiger partial charge in [-0.05, 0) is 41.8 Å². The summed E-state index contributed by atoms with van der Waals surface area (Å²) >= 11 is 6.06. The Labute approximate surface area is 206 Å². The van der Waals surface area contributed by atoms with E-state index in [2.05, 4.69) is 12.2 Å². The Bertz CT molecular complexity index is 1030. The molecule has 0 aliphatic carbocycles. The molecule has 0 heterocycles. The first-order valence-electron chi connectivity index (χ1n) is 11.6. The van der Waals surface area contributed by atoms with E-state index in [-0.39, 0.29) is 25.0 Å². The van der Waals surface area contributed by atoms with Gasteiger partial charge in [0.1, 0.15) is 11.8 Å². The van der Waals surface area contributed by atoms with Crippen LogP contribution in [0.3, 0.4) is 0 Å². The number of rotatable bonds is 12. The fourth-order valence-corrected chi connectivity index (χ4v) is 3.77. The third kappa shape index (κ3) is 7.63. The molecule has 0 fully saturated rings. The molecule has 0 spiro atoms. The van der Waals surface area contributed by atoms with Gasteiger partial charge >= 0.3 is 0 Å². The van der Waals surface area contributed by atoms with E-state index in [9.17, 15) is 9.59 Å². The van der Waals surface area contributed by atoms with Gasteiger partial charge in [0.05, 0.1) is 0 Å².